The van der Waals surface area contributed by atoms with Gasteiger partial charge in [0.15, 0.2) is 0 Å². The first-order valence-corrected chi connectivity index (χ1v) is 7.84. The lowest BCUT2D eigenvalue weighted by molar-refractivity contribution is 0.100. The Morgan fingerprint density at radius 1 is 1.55 bits per heavy atom. The molecule has 1 aliphatic carbocycles. The van der Waals surface area contributed by atoms with Gasteiger partial charge in [-0.15, -0.1) is 11.3 Å². The first-order chi connectivity index (χ1) is 10.6. The highest BCUT2D eigenvalue weighted by atomic mass is 32.1. The molecule has 2 aromatic rings. The fourth-order valence-electron chi connectivity index (χ4n) is 2.12. The molecule has 0 bridgehead atoms. The van der Waals surface area contributed by atoms with E-state index in [1.165, 1.54) is 24.2 Å². The Morgan fingerprint density at radius 2 is 2.32 bits per heavy atom. The van der Waals surface area contributed by atoms with Crippen LogP contribution in [0, 0.1) is 24.2 Å². The SMILES string of the molecule is Cc1nc(-c2ccc(OCC3CC3)c(C#N)c2)sc1C(N)=O. The van der Waals surface area contributed by atoms with E-state index >= 15 is 0 Å². The summed E-state index contributed by atoms with van der Waals surface area (Å²) in [4.78, 5) is 16.1. The van der Waals surface area contributed by atoms with Crippen LogP contribution in [0.15, 0.2) is 18.2 Å². The second-order valence-electron chi connectivity index (χ2n) is 5.37. The number of benzene rings is 1. The van der Waals surface area contributed by atoms with Crippen LogP contribution in [0.3, 0.4) is 0 Å². The summed E-state index contributed by atoms with van der Waals surface area (Å²) >= 11 is 1.24. The summed E-state index contributed by atoms with van der Waals surface area (Å²) in [6.45, 7) is 2.41. The molecule has 0 radical (unpaired) electrons. The Morgan fingerprint density at radius 3 is 2.91 bits per heavy atom. The Bertz CT molecular complexity index is 772. The minimum absolute atomic E-state index is 0.447. The minimum Gasteiger partial charge on any atom is -0.492 e. The maximum absolute atomic E-state index is 11.3. The number of nitrogens with zero attached hydrogens (tertiary/aromatic N) is 2. The zero-order valence-corrected chi connectivity index (χ0v) is 12.9. The Labute approximate surface area is 132 Å². The molecule has 5 nitrogen and oxygen atoms in total. The molecule has 1 fully saturated rings. The molecule has 1 aliphatic rings. The van der Waals surface area contributed by atoms with Crippen LogP contribution < -0.4 is 10.5 Å². The number of aryl methyl sites for hydroxylation is 1. The van der Waals surface area contributed by atoms with Gasteiger partial charge in [0.25, 0.3) is 5.91 Å². The number of nitrogens with two attached hydrogens (primary N) is 1. The van der Waals surface area contributed by atoms with E-state index < -0.39 is 5.91 Å². The van der Waals surface area contributed by atoms with E-state index in [1.54, 1.807) is 19.1 Å². The number of thiazole rings is 1. The Kier molecular flexibility index (Phi) is 3.82. The molecule has 3 rings (SSSR count). The molecule has 0 unspecified atom stereocenters. The first-order valence-electron chi connectivity index (χ1n) is 7.03. The van der Waals surface area contributed by atoms with Crippen LogP contribution in [-0.2, 0) is 0 Å². The van der Waals surface area contributed by atoms with Crippen molar-refractivity contribution >= 4 is 17.2 Å². The number of hydrogen-bond donors (Lipinski definition) is 1. The zero-order valence-electron chi connectivity index (χ0n) is 12.1. The van der Waals surface area contributed by atoms with E-state index in [0.717, 1.165) is 5.56 Å². The van der Waals surface area contributed by atoms with Crippen molar-refractivity contribution in [2.75, 3.05) is 6.61 Å². The number of carbonyl (C=O) groups is 1. The summed E-state index contributed by atoms with van der Waals surface area (Å²) in [5, 5.41) is 9.97. The fraction of sp³-hybridized carbons (Fsp3) is 0.312. The van der Waals surface area contributed by atoms with Crippen LogP contribution in [0.1, 0.15) is 33.8 Å². The topological polar surface area (TPSA) is 89.0 Å². The van der Waals surface area contributed by atoms with Crippen LogP contribution in [0.2, 0.25) is 0 Å². The molecule has 1 aromatic carbocycles. The molecular weight excluding hydrogens is 298 g/mol. The molecule has 1 aromatic heterocycles. The lowest BCUT2D eigenvalue weighted by Crippen LogP contribution is -2.09. The van der Waals surface area contributed by atoms with Crippen LogP contribution in [0.25, 0.3) is 10.6 Å². The number of amides is 1. The molecule has 0 saturated heterocycles. The lowest BCUT2D eigenvalue weighted by Gasteiger charge is -2.08. The van der Waals surface area contributed by atoms with E-state index in [9.17, 15) is 10.1 Å². The molecule has 1 saturated carbocycles. The van der Waals surface area contributed by atoms with Gasteiger partial charge in [-0.3, -0.25) is 4.79 Å². The maximum atomic E-state index is 11.3. The third-order valence-electron chi connectivity index (χ3n) is 3.54. The second-order valence-corrected chi connectivity index (χ2v) is 6.37. The molecule has 2 N–H and O–H groups in total. The van der Waals surface area contributed by atoms with Crippen molar-refractivity contribution < 1.29 is 9.53 Å². The number of rotatable bonds is 5. The van der Waals surface area contributed by atoms with Crippen LogP contribution >= 0.6 is 11.3 Å². The maximum Gasteiger partial charge on any atom is 0.260 e. The first kappa shape index (κ1) is 14.5. The third kappa shape index (κ3) is 2.95. The molecule has 1 heterocycles. The summed E-state index contributed by atoms with van der Waals surface area (Å²) in [5.74, 6) is 0.749. The molecule has 22 heavy (non-hydrogen) atoms. The van der Waals surface area contributed by atoms with Gasteiger partial charge in [0.05, 0.1) is 17.9 Å². The largest absolute Gasteiger partial charge is 0.492 e. The van der Waals surface area contributed by atoms with Gasteiger partial charge >= 0.3 is 0 Å². The number of aromatic nitrogens is 1. The normalized spacial score (nSPS) is 13.6. The molecule has 0 atom stereocenters. The van der Waals surface area contributed by atoms with Crippen molar-refractivity contribution in [3.05, 3.63) is 34.3 Å². The third-order valence-corrected chi connectivity index (χ3v) is 4.76. The number of carbonyl (C=O) groups excluding carboxylic acids is 1. The highest BCUT2D eigenvalue weighted by Crippen LogP contribution is 2.33. The van der Waals surface area contributed by atoms with Crippen molar-refractivity contribution in [2.45, 2.75) is 19.8 Å². The molecule has 1 amide bonds. The van der Waals surface area contributed by atoms with E-state index in [0.29, 0.717) is 39.4 Å². The van der Waals surface area contributed by atoms with Crippen molar-refractivity contribution in [1.82, 2.24) is 4.98 Å². The van der Waals surface area contributed by atoms with Gasteiger partial charge in [-0.05, 0) is 43.9 Å². The smallest absolute Gasteiger partial charge is 0.260 e. The van der Waals surface area contributed by atoms with E-state index in [1.807, 2.05) is 6.07 Å². The van der Waals surface area contributed by atoms with E-state index in [-0.39, 0.29) is 0 Å². The Balaban J connectivity index is 1.89. The van der Waals surface area contributed by atoms with Gasteiger partial charge in [-0.1, -0.05) is 0 Å². The summed E-state index contributed by atoms with van der Waals surface area (Å²) < 4.78 is 5.70. The number of hydrogen-bond acceptors (Lipinski definition) is 5. The average molecular weight is 313 g/mol. The predicted octanol–water partition coefficient (Wildman–Crippen LogP) is 2.88. The van der Waals surface area contributed by atoms with Crippen molar-refractivity contribution in [2.24, 2.45) is 11.7 Å². The standard InChI is InChI=1S/C16H15N3O2S/c1-9-14(15(18)20)22-16(19-9)11-4-5-13(12(6-11)7-17)21-8-10-2-3-10/h4-6,10H,2-3,8H2,1H3,(H2,18,20). The van der Waals surface area contributed by atoms with Crippen molar-refractivity contribution in [1.29, 1.82) is 5.26 Å². The second kappa shape index (κ2) is 5.78. The fourth-order valence-corrected chi connectivity index (χ4v) is 3.03. The van der Waals surface area contributed by atoms with Crippen LogP contribution in [0.5, 0.6) is 5.75 Å². The monoisotopic (exact) mass is 313 g/mol. The number of primary amides is 1. The molecular formula is C16H15N3O2S. The van der Waals surface area contributed by atoms with Crippen molar-refractivity contribution in [3.63, 3.8) is 0 Å². The van der Waals surface area contributed by atoms with Gasteiger partial charge in [0.2, 0.25) is 0 Å². The Hall–Kier alpha value is -2.39. The molecule has 0 aliphatic heterocycles. The quantitative estimate of drug-likeness (QED) is 0.919. The predicted molar refractivity (Wildman–Crippen MR) is 83.7 cm³/mol. The van der Waals surface area contributed by atoms with E-state index in [2.05, 4.69) is 11.1 Å². The average Bonchev–Trinajstić information content (AvgIpc) is 3.25. The molecule has 0 spiro atoms. The summed E-state index contributed by atoms with van der Waals surface area (Å²) in [6.07, 6.45) is 2.41. The zero-order chi connectivity index (χ0) is 15.7. The number of ether oxygens (including phenoxy) is 1. The van der Waals surface area contributed by atoms with Gasteiger partial charge in [0.1, 0.15) is 21.7 Å². The highest BCUT2D eigenvalue weighted by Gasteiger charge is 2.22. The summed E-state index contributed by atoms with van der Waals surface area (Å²) in [6, 6.07) is 7.54. The highest BCUT2D eigenvalue weighted by molar-refractivity contribution is 7.17. The summed E-state index contributed by atoms with van der Waals surface area (Å²) in [5.41, 5.74) is 7.20. The number of nitriles is 1. The molecule has 6 heteroatoms. The lowest BCUT2D eigenvalue weighted by atomic mass is 10.1. The van der Waals surface area contributed by atoms with Gasteiger partial charge in [-0.25, -0.2) is 4.98 Å². The van der Waals surface area contributed by atoms with E-state index in [4.69, 9.17) is 10.5 Å². The van der Waals surface area contributed by atoms with Gasteiger partial charge < -0.3 is 10.5 Å². The molecule has 112 valence electrons. The van der Waals surface area contributed by atoms with Gasteiger partial charge in [-0.2, -0.15) is 5.26 Å². The van der Waals surface area contributed by atoms with Gasteiger partial charge in [0, 0.05) is 5.56 Å². The van der Waals surface area contributed by atoms with Crippen LogP contribution in [0.4, 0.5) is 0 Å². The van der Waals surface area contributed by atoms with Crippen LogP contribution in [-0.4, -0.2) is 17.5 Å². The minimum atomic E-state index is -0.480. The summed E-state index contributed by atoms with van der Waals surface area (Å²) in [7, 11) is 0. The van der Waals surface area contributed by atoms with Crippen molar-refractivity contribution in [3.8, 4) is 22.4 Å².